The predicted octanol–water partition coefficient (Wildman–Crippen LogP) is 1.31. The maximum atomic E-state index is 8.86. The smallest absolute Gasteiger partial charge is 0.222 e. The van der Waals surface area contributed by atoms with E-state index in [9.17, 15) is 0 Å². The molecule has 0 aliphatic rings. The van der Waals surface area contributed by atoms with Crippen molar-refractivity contribution in [2.75, 3.05) is 0 Å². The van der Waals surface area contributed by atoms with Crippen LogP contribution >= 0.6 is 0 Å². The lowest BCUT2D eigenvalue weighted by Crippen LogP contribution is -2.68. The third-order valence-corrected chi connectivity index (χ3v) is 4.11. The van der Waals surface area contributed by atoms with Crippen molar-refractivity contribution < 1.29 is 33.3 Å². The topological polar surface area (TPSA) is 127 Å². The zero-order valence-electron chi connectivity index (χ0n) is 16.2. The third kappa shape index (κ3) is 7.27. The highest BCUT2D eigenvalue weighted by Gasteiger charge is 2.15. The maximum absolute atomic E-state index is 8.86. The Bertz CT molecular complexity index is 959. The molecule has 3 rings (SSSR count). The number of nitriles is 1. The fourth-order valence-electron chi connectivity index (χ4n) is 2.57. The molecule has 1 heterocycles. The number of halogens is 1. The van der Waals surface area contributed by atoms with E-state index in [1.54, 1.807) is 18.4 Å². The average molecular weight is 414 g/mol. The first-order valence-corrected chi connectivity index (χ1v) is 9.86. The summed E-state index contributed by atoms with van der Waals surface area (Å²) < 4.78 is 39.8. The lowest BCUT2D eigenvalue weighted by atomic mass is 9.86. The summed E-state index contributed by atoms with van der Waals surface area (Å²) in [6, 6.07) is 22.1. The van der Waals surface area contributed by atoms with Crippen LogP contribution in [-0.2, 0) is 5.41 Å². The van der Waals surface area contributed by atoms with Crippen molar-refractivity contribution in [2.24, 2.45) is 0 Å². The summed E-state index contributed by atoms with van der Waals surface area (Å²) in [7, 11) is -4.94. The molecule has 0 amide bonds. The van der Waals surface area contributed by atoms with Gasteiger partial charge in [-0.1, -0.05) is 45.0 Å². The second-order valence-corrected chi connectivity index (χ2v) is 8.04. The number of benzene rings is 2. The van der Waals surface area contributed by atoms with Gasteiger partial charge in [-0.25, -0.2) is 23.1 Å². The minimum absolute atomic E-state index is 0.155. The summed E-state index contributed by atoms with van der Waals surface area (Å²) in [4.78, 5) is 0. The fraction of sp³-hybridized carbons (Fsp3) is 0.182. The van der Waals surface area contributed by atoms with Crippen LogP contribution in [0, 0.1) is 21.6 Å². The molecule has 7 heteroatoms. The van der Waals surface area contributed by atoms with Crippen LogP contribution in [0.4, 0.5) is 0 Å². The van der Waals surface area contributed by atoms with Gasteiger partial charge in [0.15, 0.2) is 0 Å². The first-order chi connectivity index (χ1) is 13.5. The molecule has 29 heavy (non-hydrogen) atoms. The van der Waals surface area contributed by atoms with Crippen LogP contribution in [0.5, 0.6) is 0 Å². The molecule has 0 N–H and O–H groups in total. The Hall–Kier alpha value is -2.79. The van der Waals surface area contributed by atoms with Gasteiger partial charge < -0.3 is 0 Å². The van der Waals surface area contributed by atoms with Gasteiger partial charge in [-0.05, 0) is 46.9 Å². The van der Waals surface area contributed by atoms with Crippen molar-refractivity contribution >= 4 is 0 Å². The number of rotatable bonds is 2. The van der Waals surface area contributed by atoms with E-state index in [1.807, 2.05) is 18.2 Å². The minimum atomic E-state index is -4.94. The van der Waals surface area contributed by atoms with Crippen molar-refractivity contribution in [1.82, 2.24) is 0 Å². The second kappa shape index (κ2) is 9.14. The first-order valence-electron chi connectivity index (χ1n) is 8.62. The number of hydrogen-bond acceptors (Lipinski definition) is 5. The molecular formula is C22H20ClNO5. The zero-order chi connectivity index (χ0) is 21.7. The van der Waals surface area contributed by atoms with E-state index >= 15 is 0 Å². The van der Waals surface area contributed by atoms with Gasteiger partial charge in [-0.3, -0.25) is 0 Å². The molecule has 0 spiro atoms. The summed E-state index contributed by atoms with van der Waals surface area (Å²) in [6.07, 6.45) is 1.78. The Morgan fingerprint density at radius 1 is 0.759 bits per heavy atom. The summed E-state index contributed by atoms with van der Waals surface area (Å²) in [6.45, 7) is 6.64. The van der Waals surface area contributed by atoms with Crippen molar-refractivity contribution in [3.8, 4) is 28.5 Å². The van der Waals surface area contributed by atoms with Crippen molar-refractivity contribution in [3.63, 3.8) is 0 Å². The molecule has 0 radical (unpaired) electrons. The number of nitrogens with zero attached hydrogens (tertiary/aromatic N) is 1. The third-order valence-electron chi connectivity index (χ3n) is 4.11. The van der Waals surface area contributed by atoms with E-state index in [-0.39, 0.29) is 5.41 Å². The van der Waals surface area contributed by atoms with E-state index in [4.69, 9.17) is 28.3 Å². The van der Waals surface area contributed by atoms with Crippen LogP contribution in [0.2, 0.25) is 0 Å². The normalized spacial score (nSPS) is 11.2. The van der Waals surface area contributed by atoms with E-state index < -0.39 is 10.2 Å². The van der Waals surface area contributed by atoms with Crippen LogP contribution in [0.1, 0.15) is 31.9 Å². The Morgan fingerprint density at radius 3 is 1.66 bits per heavy atom. The number of hydrogen-bond donors (Lipinski definition) is 0. The molecule has 150 valence electrons. The van der Waals surface area contributed by atoms with Gasteiger partial charge >= 0.3 is 12.0 Å². The second-order valence-electron chi connectivity index (χ2n) is 7.28. The Labute approximate surface area is 171 Å². The summed E-state index contributed by atoms with van der Waals surface area (Å²) in [5.41, 5.74) is 5.27. The Morgan fingerprint density at radius 2 is 1.24 bits per heavy atom. The molecule has 0 saturated carbocycles. The molecule has 0 fully saturated rings. The molecule has 0 aliphatic heterocycles. The highest BCUT2D eigenvalue weighted by atomic mass is 35.7. The average Bonchev–Trinajstić information content (AvgIpc) is 2.66. The van der Waals surface area contributed by atoms with Crippen LogP contribution in [0.15, 0.2) is 71.3 Å². The van der Waals surface area contributed by atoms with Crippen molar-refractivity contribution in [2.45, 2.75) is 26.2 Å². The lowest BCUT2D eigenvalue weighted by Gasteiger charge is -2.18. The monoisotopic (exact) mass is 413 g/mol. The fourth-order valence-corrected chi connectivity index (χ4v) is 2.57. The highest BCUT2D eigenvalue weighted by molar-refractivity contribution is 5.66. The van der Waals surface area contributed by atoms with Crippen LogP contribution < -0.4 is 18.6 Å². The molecule has 0 unspecified atom stereocenters. The molecule has 2 aromatic carbocycles. The Kier molecular flexibility index (Phi) is 7.09. The molecule has 0 saturated heterocycles. The van der Waals surface area contributed by atoms with Crippen molar-refractivity contribution in [3.05, 3.63) is 78.1 Å². The van der Waals surface area contributed by atoms with Gasteiger partial charge in [0.2, 0.25) is 0 Å². The summed E-state index contributed by atoms with van der Waals surface area (Å²) in [5.74, 6) is 0.787. The first kappa shape index (κ1) is 22.5. The molecule has 1 aromatic heterocycles. The zero-order valence-corrected chi connectivity index (χ0v) is 17.0. The maximum Gasteiger partial charge on any atom is 0.359 e. The molecule has 0 aliphatic carbocycles. The van der Waals surface area contributed by atoms with E-state index in [2.05, 4.69) is 57.2 Å². The standard InChI is InChI=1S/C22H20NO.ClHO4/c1-22(2,3)20-11-8-17(9-12-20)19-10-13-21(24-15-19)18-6-4-16(14-23)5-7-18;2-1(3,4)5/h4-13,15H,1-3H3;(H,2,3,4,5)/q+1;/p-1. The molecular weight excluding hydrogens is 394 g/mol. The molecule has 0 bridgehead atoms. The minimum Gasteiger partial charge on any atom is -0.222 e. The van der Waals surface area contributed by atoms with Gasteiger partial charge in [-0.2, -0.15) is 5.26 Å². The quantitative estimate of drug-likeness (QED) is 0.582. The highest BCUT2D eigenvalue weighted by Crippen LogP contribution is 2.28. The van der Waals surface area contributed by atoms with Crippen LogP contribution in [0.25, 0.3) is 22.5 Å². The van der Waals surface area contributed by atoms with Crippen molar-refractivity contribution in [1.29, 1.82) is 5.26 Å². The molecule has 6 nitrogen and oxygen atoms in total. The Balaban J connectivity index is 0.000000537. The van der Waals surface area contributed by atoms with Gasteiger partial charge in [0, 0.05) is 6.07 Å². The van der Waals surface area contributed by atoms with E-state index in [0.717, 1.165) is 22.5 Å². The summed E-state index contributed by atoms with van der Waals surface area (Å²) in [5, 5.41) is 8.86. The lowest BCUT2D eigenvalue weighted by molar-refractivity contribution is -2.00. The van der Waals surface area contributed by atoms with Gasteiger partial charge in [0.1, 0.15) is 0 Å². The molecule has 0 atom stereocenters. The predicted molar refractivity (Wildman–Crippen MR) is 97.4 cm³/mol. The van der Waals surface area contributed by atoms with Crippen LogP contribution in [-0.4, -0.2) is 0 Å². The largest absolute Gasteiger partial charge is 0.359 e. The SMILES string of the molecule is CC(C)(C)c1ccc(-c2ccc(-c3ccc(C#N)cc3)[o+]c2)cc1.[O-][Cl+3]([O-])([O-])[O-]. The van der Waals surface area contributed by atoms with E-state index in [1.165, 1.54) is 5.56 Å². The van der Waals surface area contributed by atoms with Crippen LogP contribution in [0.3, 0.4) is 0 Å². The summed E-state index contributed by atoms with van der Waals surface area (Å²) >= 11 is 0. The molecule has 3 aromatic rings. The van der Waals surface area contributed by atoms with Gasteiger partial charge in [-0.15, -0.1) is 10.2 Å². The van der Waals surface area contributed by atoms with E-state index in [0.29, 0.717) is 5.56 Å². The van der Waals surface area contributed by atoms with Gasteiger partial charge in [0.25, 0.3) is 0 Å². The van der Waals surface area contributed by atoms with Gasteiger partial charge in [0.05, 0.1) is 22.8 Å².